The number of ether oxygens (including phenoxy) is 8. The lowest BCUT2D eigenvalue weighted by Gasteiger charge is -2.40. The minimum Gasteiger partial charge on any atom is -0.497 e. The van der Waals surface area contributed by atoms with Crippen LogP contribution in [-0.4, -0.2) is 81.8 Å². The predicted octanol–water partition coefficient (Wildman–Crippen LogP) is 3.54. The molecule has 1 unspecified atom stereocenters. The maximum atomic E-state index is 13.5. The average molecular weight is 655 g/mol. The van der Waals surface area contributed by atoms with Gasteiger partial charge in [-0.1, -0.05) is 42.5 Å². The topological polar surface area (TPSA) is 131 Å². The first-order valence-corrected chi connectivity index (χ1v) is 15.6. The molecular formula is C34H38O11S. The van der Waals surface area contributed by atoms with Crippen LogP contribution in [0.4, 0.5) is 0 Å². The highest BCUT2D eigenvalue weighted by Crippen LogP contribution is 2.70. The van der Waals surface area contributed by atoms with Gasteiger partial charge in [-0.3, -0.25) is 4.79 Å². The third-order valence-corrected chi connectivity index (χ3v) is 9.38. The summed E-state index contributed by atoms with van der Waals surface area (Å²) >= 11 is 4.31. The first kappa shape index (κ1) is 32.4. The molecule has 46 heavy (non-hydrogen) atoms. The summed E-state index contributed by atoms with van der Waals surface area (Å²) in [5, 5.41) is 25.1. The van der Waals surface area contributed by atoms with Gasteiger partial charge in [0.2, 0.25) is 6.29 Å². The Morgan fingerprint density at radius 2 is 1.72 bits per heavy atom. The molecule has 0 radical (unpaired) electrons. The van der Waals surface area contributed by atoms with Crippen molar-refractivity contribution in [3.05, 3.63) is 83.4 Å². The summed E-state index contributed by atoms with van der Waals surface area (Å²) in [6, 6.07) is 19.3. The molecule has 0 bridgehead atoms. The number of benzene rings is 3. The average Bonchev–Trinajstić information content (AvgIpc) is 3.46. The SMILES string of the molecule is COC(=O)[C@H]1[C@@H](O)[C@@]2(O)c3c(OC)cc(OC4O[C@@H](CCS)CO[C@H]4OC)cc3O[C@@]2(c2ccc(OC)cc2)[C@@H]1c1ccccc1. The molecule has 0 amide bonds. The lowest BCUT2D eigenvalue weighted by atomic mass is 9.70. The van der Waals surface area contributed by atoms with Crippen LogP contribution in [0.3, 0.4) is 0 Å². The van der Waals surface area contributed by atoms with Gasteiger partial charge in [0, 0.05) is 25.2 Å². The number of carbonyl (C=O) groups excluding carboxylic acids is 1. The number of methoxy groups -OCH3 is 4. The Kier molecular flexibility index (Phi) is 9.12. The molecule has 0 aromatic heterocycles. The van der Waals surface area contributed by atoms with Gasteiger partial charge >= 0.3 is 5.97 Å². The first-order valence-electron chi connectivity index (χ1n) is 14.9. The maximum Gasteiger partial charge on any atom is 0.312 e. The Morgan fingerprint density at radius 1 is 0.978 bits per heavy atom. The fraction of sp³-hybridized carbons (Fsp3) is 0.441. The first-order chi connectivity index (χ1) is 22.3. The fourth-order valence-electron chi connectivity index (χ4n) is 7.12. The van der Waals surface area contributed by atoms with Gasteiger partial charge in [0.1, 0.15) is 29.1 Å². The molecule has 3 aromatic rings. The Labute approximate surface area is 272 Å². The van der Waals surface area contributed by atoms with Crippen LogP contribution < -0.4 is 18.9 Å². The highest BCUT2D eigenvalue weighted by molar-refractivity contribution is 7.80. The molecule has 2 aliphatic heterocycles. The molecule has 1 saturated carbocycles. The van der Waals surface area contributed by atoms with Crippen molar-refractivity contribution in [3.8, 4) is 23.0 Å². The lowest BCUT2D eigenvalue weighted by Crippen LogP contribution is -2.52. The second-order valence-corrected chi connectivity index (χ2v) is 11.9. The van der Waals surface area contributed by atoms with Gasteiger partial charge in [0.25, 0.3) is 6.29 Å². The number of esters is 1. The molecule has 1 saturated heterocycles. The number of aliphatic hydroxyl groups excluding tert-OH is 1. The quantitative estimate of drug-likeness (QED) is 0.219. The standard InChI is InChI=1S/C34H38O11S/c1-38-21-12-10-20(11-13-21)34-27(19-8-6-5-7-9-19)26(30(36)40-3)29(35)33(34,37)28-24(39-2)16-23(17-25(28)45-34)44-32-31(41-4)42-18-22(43-32)14-15-46/h5-13,16-17,22,26-27,29,31-32,35,37,46H,14-15,18H2,1-4H3/t22-,26+,27+,29+,31+,32?,33-,34-/m0/s1. The van der Waals surface area contributed by atoms with E-state index in [0.717, 1.165) is 0 Å². The zero-order valence-electron chi connectivity index (χ0n) is 26.0. The second kappa shape index (κ2) is 12.9. The summed E-state index contributed by atoms with van der Waals surface area (Å²) < 4.78 is 47.0. The van der Waals surface area contributed by atoms with Crippen molar-refractivity contribution < 1.29 is 52.9 Å². The van der Waals surface area contributed by atoms with Crippen LogP contribution in [0.25, 0.3) is 0 Å². The number of hydrogen-bond acceptors (Lipinski definition) is 12. The van der Waals surface area contributed by atoms with Crippen LogP contribution in [0, 0.1) is 5.92 Å². The molecular weight excluding hydrogens is 616 g/mol. The summed E-state index contributed by atoms with van der Waals surface area (Å²) in [6.07, 6.45) is -3.03. The molecule has 2 heterocycles. The third-order valence-electron chi connectivity index (χ3n) is 9.12. The van der Waals surface area contributed by atoms with Gasteiger partial charge in [-0.25, -0.2) is 0 Å². The van der Waals surface area contributed by atoms with Gasteiger partial charge in [0.15, 0.2) is 11.2 Å². The van der Waals surface area contributed by atoms with E-state index >= 15 is 0 Å². The third kappa shape index (κ3) is 4.99. The van der Waals surface area contributed by atoms with Gasteiger partial charge in [0.05, 0.1) is 45.5 Å². The Morgan fingerprint density at radius 3 is 2.35 bits per heavy atom. The van der Waals surface area contributed by atoms with Gasteiger partial charge < -0.3 is 48.1 Å². The van der Waals surface area contributed by atoms with Crippen molar-refractivity contribution in [1.82, 2.24) is 0 Å². The van der Waals surface area contributed by atoms with Gasteiger partial charge in [-0.05, 0) is 35.4 Å². The molecule has 11 nitrogen and oxygen atoms in total. The summed E-state index contributed by atoms with van der Waals surface area (Å²) in [5.41, 5.74) is -2.62. The van der Waals surface area contributed by atoms with E-state index in [4.69, 9.17) is 37.9 Å². The van der Waals surface area contributed by atoms with E-state index in [1.807, 2.05) is 30.3 Å². The van der Waals surface area contributed by atoms with E-state index < -0.39 is 47.7 Å². The van der Waals surface area contributed by atoms with E-state index in [9.17, 15) is 15.0 Å². The van der Waals surface area contributed by atoms with Crippen LogP contribution in [0.15, 0.2) is 66.7 Å². The van der Waals surface area contributed by atoms with Crippen LogP contribution in [0.1, 0.15) is 29.0 Å². The van der Waals surface area contributed by atoms with Crippen molar-refractivity contribution in [3.63, 3.8) is 0 Å². The van der Waals surface area contributed by atoms with Gasteiger partial charge in [-0.15, -0.1) is 0 Å². The Hall–Kier alpha value is -3.52. The van der Waals surface area contributed by atoms with E-state index in [1.165, 1.54) is 21.3 Å². The molecule has 6 rings (SSSR count). The van der Waals surface area contributed by atoms with Crippen LogP contribution in [0.2, 0.25) is 0 Å². The smallest absolute Gasteiger partial charge is 0.312 e. The molecule has 0 spiro atoms. The predicted molar refractivity (Wildman–Crippen MR) is 167 cm³/mol. The minimum absolute atomic E-state index is 0.162. The van der Waals surface area contributed by atoms with E-state index in [-0.39, 0.29) is 28.9 Å². The molecule has 2 N–H and O–H groups in total. The summed E-state index contributed by atoms with van der Waals surface area (Å²) in [5.74, 6) is -1.02. The number of thiol groups is 1. The van der Waals surface area contributed by atoms with Crippen molar-refractivity contribution in [2.24, 2.45) is 5.92 Å². The van der Waals surface area contributed by atoms with Crippen LogP contribution >= 0.6 is 12.6 Å². The van der Waals surface area contributed by atoms with Crippen molar-refractivity contribution >= 4 is 18.6 Å². The highest BCUT2D eigenvalue weighted by atomic mass is 32.1. The summed E-state index contributed by atoms with van der Waals surface area (Å²) in [6.45, 7) is 0.326. The highest BCUT2D eigenvalue weighted by Gasteiger charge is 2.78. The molecule has 246 valence electrons. The van der Waals surface area contributed by atoms with Crippen LogP contribution in [-0.2, 0) is 34.9 Å². The normalized spacial score (nSPS) is 31.4. The van der Waals surface area contributed by atoms with E-state index in [0.29, 0.717) is 35.7 Å². The molecule has 3 aliphatic rings. The number of aliphatic hydroxyl groups is 2. The van der Waals surface area contributed by atoms with Crippen molar-refractivity contribution in [2.75, 3.05) is 40.8 Å². The number of carbonyl (C=O) groups is 1. The monoisotopic (exact) mass is 654 g/mol. The molecule has 1 aliphatic carbocycles. The zero-order valence-corrected chi connectivity index (χ0v) is 26.8. The van der Waals surface area contributed by atoms with Crippen molar-refractivity contribution in [1.29, 1.82) is 0 Å². The number of rotatable bonds is 10. The zero-order chi connectivity index (χ0) is 32.6. The minimum atomic E-state index is -2.20. The summed E-state index contributed by atoms with van der Waals surface area (Å²) in [4.78, 5) is 13.5. The van der Waals surface area contributed by atoms with Crippen molar-refractivity contribution in [2.45, 2.75) is 48.3 Å². The lowest BCUT2D eigenvalue weighted by molar-refractivity contribution is -0.312. The number of fused-ring (bicyclic) bond motifs is 3. The molecule has 3 aromatic carbocycles. The van der Waals surface area contributed by atoms with E-state index in [1.54, 1.807) is 43.5 Å². The second-order valence-electron chi connectivity index (χ2n) is 11.4. The molecule has 12 heteroatoms. The maximum absolute atomic E-state index is 13.5. The molecule has 8 atom stereocenters. The Balaban J connectivity index is 1.53. The van der Waals surface area contributed by atoms with Gasteiger partial charge in [-0.2, -0.15) is 12.6 Å². The van der Waals surface area contributed by atoms with Crippen LogP contribution in [0.5, 0.6) is 23.0 Å². The number of hydrogen-bond donors (Lipinski definition) is 3. The van der Waals surface area contributed by atoms with E-state index in [2.05, 4.69) is 12.6 Å². The molecule has 2 fully saturated rings. The summed E-state index contributed by atoms with van der Waals surface area (Å²) in [7, 11) is 5.73. The largest absolute Gasteiger partial charge is 0.497 e. The fourth-order valence-corrected chi connectivity index (χ4v) is 7.41. The Bertz CT molecular complexity index is 1540.